The first-order chi connectivity index (χ1) is 17.7. The van der Waals surface area contributed by atoms with E-state index in [0.717, 1.165) is 29.0 Å². The smallest absolute Gasteiger partial charge is 0.244 e. The molecular formula is C28H39Cl2N3O4S. The molecule has 0 aliphatic heterocycles. The molecule has 0 saturated carbocycles. The summed E-state index contributed by atoms with van der Waals surface area (Å²) in [7, 11) is -3.82. The van der Waals surface area contributed by atoms with Crippen LogP contribution < -0.4 is 9.62 Å². The van der Waals surface area contributed by atoms with Gasteiger partial charge in [0.2, 0.25) is 21.8 Å². The Balaban J connectivity index is 2.47. The third-order valence-electron chi connectivity index (χ3n) is 6.31. The molecule has 0 radical (unpaired) electrons. The SMILES string of the molecule is CCCCNC(=O)[C@@H](CC)N(Cc1c(Cl)cccc1Cl)C(=O)CN(c1ccc(C(C)(C)C)cc1)S(C)(=O)=O. The number of hydrogen-bond donors (Lipinski definition) is 1. The van der Waals surface area contributed by atoms with Crippen LogP contribution in [0.25, 0.3) is 0 Å². The molecule has 2 aromatic carbocycles. The second-order valence-corrected chi connectivity index (χ2v) is 13.1. The van der Waals surface area contributed by atoms with Crippen molar-refractivity contribution in [3.05, 3.63) is 63.6 Å². The van der Waals surface area contributed by atoms with Crippen molar-refractivity contribution >= 4 is 50.7 Å². The topological polar surface area (TPSA) is 86.8 Å². The van der Waals surface area contributed by atoms with E-state index in [-0.39, 0.29) is 17.9 Å². The molecule has 0 saturated heterocycles. The van der Waals surface area contributed by atoms with Gasteiger partial charge >= 0.3 is 0 Å². The van der Waals surface area contributed by atoms with E-state index in [1.807, 2.05) is 19.1 Å². The fourth-order valence-corrected chi connectivity index (χ4v) is 5.39. The Hall–Kier alpha value is -2.29. The second kappa shape index (κ2) is 13.7. The Labute approximate surface area is 237 Å². The van der Waals surface area contributed by atoms with Crippen LogP contribution in [0.4, 0.5) is 5.69 Å². The van der Waals surface area contributed by atoms with Crippen molar-refractivity contribution in [1.82, 2.24) is 10.2 Å². The summed E-state index contributed by atoms with van der Waals surface area (Å²) in [5.74, 6) is -0.846. The average molecular weight is 585 g/mol. The first-order valence-corrected chi connectivity index (χ1v) is 15.4. The van der Waals surface area contributed by atoms with E-state index in [4.69, 9.17) is 23.2 Å². The van der Waals surface area contributed by atoms with Gasteiger partial charge < -0.3 is 10.2 Å². The van der Waals surface area contributed by atoms with Crippen LogP contribution in [0, 0.1) is 0 Å². The number of nitrogens with zero attached hydrogens (tertiary/aromatic N) is 2. The Morgan fingerprint density at radius 1 is 1.00 bits per heavy atom. The molecular weight excluding hydrogens is 545 g/mol. The highest BCUT2D eigenvalue weighted by molar-refractivity contribution is 7.92. The lowest BCUT2D eigenvalue weighted by Crippen LogP contribution is -2.52. The minimum absolute atomic E-state index is 0.0440. The van der Waals surface area contributed by atoms with Gasteiger partial charge in [-0.3, -0.25) is 13.9 Å². The van der Waals surface area contributed by atoms with Gasteiger partial charge in [-0.2, -0.15) is 0 Å². The van der Waals surface area contributed by atoms with Gasteiger partial charge in [0.15, 0.2) is 0 Å². The molecule has 0 unspecified atom stereocenters. The number of anilines is 1. The highest BCUT2D eigenvalue weighted by atomic mass is 35.5. The van der Waals surface area contributed by atoms with Crippen LogP contribution in [0.2, 0.25) is 10.0 Å². The summed E-state index contributed by atoms with van der Waals surface area (Å²) in [5, 5.41) is 3.60. The summed E-state index contributed by atoms with van der Waals surface area (Å²) in [5.41, 5.74) is 1.77. The number of amides is 2. The molecule has 0 aliphatic carbocycles. The Morgan fingerprint density at radius 2 is 1.58 bits per heavy atom. The maximum absolute atomic E-state index is 13.8. The van der Waals surface area contributed by atoms with Crippen molar-refractivity contribution in [2.24, 2.45) is 0 Å². The zero-order valence-corrected chi connectivity index (χ0v) is 25.4. The van der Waals surface area contributed by atoms with Crippen molar-refractivity contribution in [1.29, 1.82) is 0 Å². The van der Waals surface area contributed by atoms with Gasteiger partial charge in [-0.25, -0.2) is 8.42 Å². The monoisotopic (exact) mass is 583 g/mol. The molecule has 7 nitrogen and oxygen atoms in total. The van der Waals surface area contributed by atoms with E-state index in [2.05, 4.69) is 26.1 Å². The molecule has 2 aromatic rings. The standard InChI is InChI=1S/C28H39Cl2N3O4S/c1-7-9-17-31-27(35)25(8-2)32(18-22-23(29)11-10-12-24(22)30)26(34)19-33(38(6,36)37)21-15-13-20(14-16-21)28(3,4)5/h10-16,25H,7-9,17-19H2,1-6H3,(H,31,35)/t25-/m1/s1. The fraction of sp³-hybridized carbons (Fsp3) is 0.500. The Morgan fingerprint density at radius 3 is 2.05 bits per heavy atom. The molecule has 0 bridgehead atoms. The quantitative estimate of drug-likeness (QED) is 0.321. The number of hydrogen-bond acceptors (Lipinski definition) is 4. The molecule has 0 aliphatic rings. The number of carbonyl (C=O) groups is 2. The predicted octanol–water partition coefficient (Wildman–Crippen LogP) is 5.78. The van der Waals surface area contributed by atoms with E-state index < -0.39 is 28.5 Å². The summed E-state index contributed by atoms with van der Waals surface area (Å²) in [6, 6.07) is 11.3. The van der Waals surface area contributed by atoms with E-state index in [1.165, 1.54) is 4.90 Å². The zero-order valence-electron chi connectivity index (χ0n) is 23.1. The molecule has 0 spiro atoms. The van der Waals surface area contributed by atoms with Gasteiger partial charge in [0.25, 0.3) is 0 Å². The largest absolute Gasteiger partial charge is 0.354 e. The zero-order chi connectivity index (χ0) is 28.7. The summed E-state index contributed by atoms with van der Waals surface area (Å²) in [6.07, 6.45) is 3.10. The Kier molecular flexibility index (Phi) is 11.5. The minimum Gasteiger partial charge on any atom is -0.354 e. The van der Waals surface area contributed by atoms with Gasteiger partial charge in [-0.1, -0.05) is 82.4 Å². The summed E-state index contributed by atoms with van der Waals surface area (Å²) in [6.45, 7) is 9.98. The number of sulfonamides is 1. The van der Waals surface area contributed by atoms with Gasteiger partial charge in [-0.15, -0.1) is 0 Å². The molecule has 10 heteroatoms. The van der Waals surface area contributed by atoms with E-state index in [1.54, 1.807) is 37.3 Å². The summed E-state index contributed by atoms with van der Waals surface area (Å²) in [4.78, 5) is 28.3. The van der Waals surface area contributed by atoms with Crippen LogP contribution in [0.15, 0.2) is 42.5 Å². The molecule has 2 amide bonds. The number of benzene rings is 2. The predicted molar refractivity (Wildman–Crippen MR) is 156 cm³/mol. The number of nitrogens with one attached hydrogen (secondary N) is 1. The first kappa shape index (κ1) is 31.9. The maximum atomic E-state index is 13.8. The van der Waals surface area contributed by atoms with E-state index in [9.17, 15) is 18.0 Å². The summed E-state index contributed by atoms with van der Waals surface area (Å²) < 4.78 is 26.7. The third kappa shape index (κ3) is 8.61. The lowest BCUT2D eigenvalue weighted by Gasteiger charge is -2.33. The van der Waals surface area contributed by atoms with E-state index >= 15 is 0 Å². The van der Waals surface area contributed by atoms with E-state index in [0.29, 0.717) is 34.3 Å². The van der Waals surface area contributed by atoms with Crippen molar-refractivity contribution in [3.8, 4) is 0 Å². The molecule has 210 valence electrons. The number of halogens is 2. The van der Waals surface area contributed by atoms with Gasteiger partial charge in [0.05, 0.1) is 11.9 Å². The number of carbonyl (C=O) groups excluding carboxylic acids is 2. The highest BCUT2D eigenvalue weighted by Gasteiger charge is 2.32. The third-order valence-corrected chi connectivity index (χ3v) is 8.15. The van der Waals surface area contributed by atoms with Crippen LogP contribution in [0.1, 0.15) is 65.0 Å². The average Bonchev–Trinajstić information content (AvgIpc) is 2.83. The van der Waals surface area contributed by atoms with Crippen molar-refractivity contribution in [3.63, 3.8) is 0 Å². The molecule has 38 heavy (non-hydrogen) atoms. The number of rotatable bonds is 12. The van der Waals surface area contributed by atoms with Gasteiger partial charge in [0.1, 0.15) is 12.6 Å². The normalized spacial score (nSPS) is 12.6. The van der Waals surface area contributed by atoms with Crippen LogP contribution in [-0.4, -0.2) is 50.5 Å². The molecule has 2 rings (SSSR count). The maximum Gasteiger partial charge on any atom is 0.244 e. The van der Waals surface area contributed by atoms with Crippen LogP contribution in [0.5, 0.6) is 0 Å². The lowest BCUT2D eigenvalue weighted by atomic mass is 9.87. The summed E-state index contributed by atoms with van der Waals surface area (Å²) >= 11 is 12.8. The molecule has 0 aromatic heterocycles. The molecule has 1 N–H and O–H groups in total. The van der Waals surface area contributed by atoms with Crippen molar-refractivity contribution in [2.75, 3.05) is 23.7 Å². The fourth-order valence-electron chi connectivity index (χ4n) is 4.02. The second-order valence-electron chi connectivity index (χ2n) is 10.4. The first-order valence-electron chi connectivity index (χ1n) is 12.8. The van der Waals surface area contributed by atoms with Gasteiger partial charge in [0, 0.05) is 28.7 Å². The molecule has 1 atom stereocenters. The molecule has 0 fully saturated rings. The van der Waals surface area contributed by atoms with Crippen LogP contribution >= 0.6 is 23.2 Å². The molecule has 0 heterocycles. The van der Waals surface area contributed by atoms with Crippen molar-refractivity contribution < 1.29 is 18.0 Å². The van der Waals surface area contributed by atoms with Gasteiger partial charge in [-0.05, 0) is 48.1 Å². The van der Waals surface area contributed by atoms with Crippen LogP contribution in [-0.2, 0) is 31.6 Å². The van der Waals surface area contributed by atoms with Crippen molar-refractivity contribution in [2.45, 2.75) is 71.9 Å². The Bertz CT molecular complexity index is 1190. The highest BCUT2D eigenvalue weighted by Crippen LogP contribution is 2.29. The minimum atomic E-state index is -3.82. The lowest BCUT2D eigenvalue weighted by molar-refractivity contribution is -0.140. The number of unbranched alkanes of at least 4 members (excludes halogenated alkanes) is 1. The van der Waals surface area contributed by atoms with Crippen LogP contribution in [0.3, 0.4) is 0 Å².